The van der Waals surface area contributed by atoms with Crippen molar-refractivity contribution in [1.82, 2.24) is 0 Å². The molecule has 0 atom stereocenters. The number of rotatable bonds is 2. The second-order valence-electron chi connectivity index (χ2n) is 4.40. The first kappa shape index (κ1) is 13.7. The molecule has 0 bridgehead atoms. The molecule has 0 saturated heterocycles. The molecule has 0 heterocycles. The van der Waals surface area contributed by atoms with Crippen LogP contribution in [0.5, 0.6) is 5.75 Å². The standard InChI is InChI=1S/C16H8BrFO3/c17-13-14(19)11-3-1-2-4-12(11)15(20)16(13)21-10-7-5-9(18)6-8-10/h1-8H. The van der Waals surface area contributed by atoms with Crippen LogP contribution in [0.25, 0.3) is 0 Å². The van der Waals surface area contributed by atoms with Gasteiger partial charge < -0.3 is 4.74 Å². The second kappa shape index (κ2) is 5.26. The molecule has 5 heteroatoms. The average molecular weight is 347 g/mol. The summed E-state index contributed by atoms with van der Waals surface area (Å²) in [4.78, 5) is 24.6. The molecular formula is C16H8BrFO3. The smallest absolute Gasteiger partial charge is 0.230 e. The van der Waals surface area contributed by atoms with Crippen LogP contribution in [0.15, 0.2) is 58.8 Å². The van der Waals surface area contributed by atoms with E-state index in [1.165, 1.54) is 24.3 Å². The minimum Gasteiger partial charge on any atom is -0.452 e. The number of carbonyl (C=O) groups is 2. The molecule has 2 aromatic rings. The number of ketones is 2. The van der Waals surface area contributed by atoms with Gasteiger partial charge in [0.05, 0.1) is 0 Å². The Labute approximate surface area is 128 Å². The number of benzene rings is 2. The van der Waals surface area contributed by atoms with Crippen LogP contribution in [0.3, 0.4) is 0 Å². The van der Waals surface area contributed by atoms with Crippen LogP contribution >= 0.6 is 15.9 Å². The Bertz CT molecular complexity index is 778. The molecule has 0 spiro atoms. The van der Waals surface area contributed by atoms with Crippen LogP contribution < -0.4 is 4.74 Å². The summed E-state index contributed by atoms with van der Waals surface area (Å²) in [6.07, 6.45) is 0. The van der Waals surface area contributed by atoms with Gasteiger partial charge in [0.15, 0.2) is 5.76 Å². The second-order valence-corrected chi connectivity index (χ2v) is 5.20. The van der Waals surface area contributed by atoms with E-state index >= 15 is 0 Å². The van der Waals surface area contributed by atoms with E-state index in [0.29, 0.717) is 11.1 Å². The third kappa shape index (κ3) is 2.40. The highest BCUT2D eigenvalue weighted by molar-refractivity contribution is 9.12. The molecule has 0 saturated carbocycles. The number of hydrogen-bond acceptors (Lipinski definition) is 3. The molecule has 104 valence electrons. The fraction of sp³-hybridized carbons (Fsp3) is 0. The highest BCUT2D eigenvalue weighted by Crippen LogP contribution is 2.31. The van der Waals surface area contributed by atoms with Gasteiger partial charge in [-0.1, -0.05) is 24.3 Å². The molecule has 3 nitrogen and oxygen atoms in total. The zero-order valence-corrected chi connectivity index (χ0v) is 12.2. The van der Waals surface area contributed by atoms with Gasteiger partial charge in [-0.15, -0.1) is 0 Å². The van der Waals surface area contributed by atoms with Gasteiger partial charge in [0.1, 0.15) is 16.0 Å². The normalized spacial score (nSPS) is 14.2. The summed E-state index contributed by atoms with van der Waals surface area (Å²) in [5.41, 5.74) is 0.628. The number of fused-ring (bicyclic) bond motifs is 1. The molecule has 0 aromatic heterocycles. The van der Waals surface area contributed by atoms with E-state index in [1.54, 1.807) is 24.3 Å². The van der Waals surface area contributed by atoms with Crippen molar-refractivity contribution in [3.8, 4) is 5.75 Å². The van der Waals surface area contributed by atoms with E-state index in [4.69, 9.17) is 4.74 Å². The van der Waals surface area contributed by atoms with E-state index in [0.717, 1.165) is 0 Å². The summed E-state index contributed by atoms with van der Waals surface area (Å²) in [5.74, 6) is -0.926. The van der Waals surface area contributed by atoms with Crippen LogP contribution in [-0.2, 0) is 0 Å². The van der Waals surface area contributed by atoms with Gasteiger partial charge in [-0.2, -0.15) is 0 Å². The molecule has 0 N–H and O–H groups in total. The Morgan fingerprint density at radius 1 is 0.857 bits per heavy atom. The maximum atomic E-state index is 12.9. The van der Waals surface area contributed by atoms with Gasteiger partial charge in [0.2, 0.25) is 11.6 Å². The van der Waals surface area contributed by atoms with E-state index < -0.39 is 5.82 Å². The highest BCUT2D eigenvalue weighted by Gasteiger charge is 2.32. The van der Waals surface area contributed by atoms with Crippen molar-refractivity contribution >= 4 is 27.5 Å². The highest BCUT2D eigenvalue weighted by atomic mass is 79.9. The van der Waals surface area contributed by atoms with Gasteiger partial charge >= 0.3 is 0 Å². The number of carbonyl (C=O) groups excluding carboxylic acids is 2. The molecule has 1 aliphatic carbocycles. The van der Waals surface area contributed by atoms with Gasteiger partial charge in [0.25, 0.3) is 0 Å². The van der Waals surface area contributed by atoms with E-state index in [9.17, 15) is 14.0 Å². The van der Waals surface area contributed by atoms with Gasteiger partial charge in [-0.05, 0) is 40.2 Å². The monoisotopic (exact) mass is 346 g/mol. The van der Waals surface area contributed by atoms with Crippen molar-refractivity contribution in [3.63, 3.8) is 0 Å². The van der Waals surface area contributed by atoms with Crippen molar-refractivity contribution in [1.29, 1.82) is 0 Å². The average Bonchev–Trinajstić information content (AvgIpc) is 2.51. The predicted molar refractivity (Wildman–Crippen MR) is 78.1 cm³/mol. The van der Waals surface area contributed by atoms with E-state index in [-0.39, 0.29) is 27.6 Å². The molecule has 0 radical (unpaired) electrons. The van der Waals surface area contributed by atoms with E-state index in [1.807, 2.05) is 0 Å². The van der Waals surface area contributed by atoms with Crippen molar-refractivity contribution in [2.75, 3.05) is 0 Å². The third-order valence-electron chi connectivity index (χ3n) is 3.05. The maximum Gasteiger partial charge on any atom is 0.230 e. The molecule has 0 amide bonds. The number of ether oxygens (including phenoxy) is 1. The fourth-order valence-electron chi connectivity index (χ4n) is 2.03. The minimum atomic E-state index is -0.410. The number of hydrogen-bond donors (Lipinski definition) is 0. The van der Waals surface area contributed by atoms with Crippen LogP contribution in [0, 0.1) is 5.82 Å². The molecule has 2 aromatic carbocycles. The lowest BCUT2D eigenvalue weighted by Crippen LogP contribution is -2.22. The molecular weight excluding hydrogens is 339 g/mol. The summed E-state index contributed by atoms with van der Waals surface area (Å²) in [6, 6.07) is 11.7. The summed E-state index contributed by atoms with van der Waals surface area (Å²) >= 11 is 3.11. The van der Waals surface area contributed by atoms with Crippen LogP contribution in [0.4, 0.5) is 4.39 Å². The molecule has 3 rings (SSSR count). The van der Waals surface area contributed by atoms with Crippen molar-refractivity contribution < 1.29 is 18.7 Å². The van der Waals surface area contributed by atoms with Crippen molar-refractivity contribution in [2.24, 2.45) is 0 Å². The Kier molecular flexibility index (Phi) is 3.43. The van der Waals surface area contributed by atoms with Gasteiger partial charge in [0, 0.05) is 11.1 Å². The summed E-state index contributed by atoms with van der Waals surface area (Å²) in [5, 5.41) is 0. The first-order chi connectivity index (χ1) is 10.1. The Balaban J connectivity index is 2.02. The predicted octanol–water partition coefficient (Wildman–Crippen LogP) is 3.89. The van der Waals surface area contributed by atoms with Gasteiger partial charge in [-0.3, -0.25) is 9.59 Å². The third-order valence-corrected chi connectivity index (χ3v) is 3.78. The first-order valence-corrected chi connectivity index (χ1v) is 6.89. The quantitative estimate of drug-likeness (QED) is 0.828. The summed E-state index contributed by atoms with van der Waals surface area (Å²) in [7, 11) is 0. The van der Waals surface area contributed by atoms with Crippen LogP contribution in [0.1, 0.15) is 20.7 Å². The Hall–Kier alpha value is -2.27. The Morgan fingerprint density at radius 3 is 2.05 bits per heavy atom. The first-order valence-electron chi connectivity index (χ1n) is 6.09. The largest absolute Gasteiger partial charge is 0.452 e. The van der Waals surface area contributed by atoms with Gasteiger partial charge in [-0.25, -0.2) is 4.39 Å². The Morgan fingerprint density at radius 2 is 1.43 bits per heavy atom. The lowest BCUT2D eigenvalue weighted by molar-refractivity contribution is 0.0944. The molecule has 21 heavy (non-hydrogen) atoms. The SMILES string of the molecule is O=C1C(Br)=C(Oc2ccc(F)cc2)C(=O)c2ccccc21. The fourth-order valence-corrected chi connectivity index (χ4v) is 2.51. The topological polar surface area (TPSA) is 43.4 Å². The summed E-state index contributed by atoms with van der Waals surface area (Å²) in [6.45, 7) is 0. The lowest BCUT2D eigenvalue weighted by Gasteiger charge is -2.18. The molecule has 0 fully saturated rings. The zero-order valence-electron chi connectivity index (χ0n) is 10.6. The lowest BCUT2D eigenvalue weighted by atomic mass is 9.93. The number of allylic oxidation sites excluding steroid dienone is 2. The van der Waals surface area contributed by atoms with E-state index in [2.05, 4.69) is 15.9 Å². The maximum absolute atomic E-state index is 12.9. The van der Waals surface area contributed by atoms with Crippen LogP contribution in [-0.4, -0.2) is 11.6 Å². The zero-order chi connectivity index (χ0) is 15.0. The molecule has 1 aliphatic rings. The molecule has 0 aliphatic heterocycles. The van der Waals surface area contributed by atoms with Crippen molar-refractivity contribution in [3.05, 3.63) is 75.7 Å². The molecule has 0 unspecified atom stereocenters. The number of halogens is 2. The minimum absolute atomic E-state index is 0.0653. The van der Waals surface area contributed by atoms with Crippen LogP contribution in [0.2, 0.25) is 0 Å². The summed E-state index contributed by atoms with van der Waals surface area (Å²) < 4.78 is 18.4. The van der Waals surface area contributed by atoms with Crippen molar-refractivity contribution in [2.45, 2.75) is 0 Å². The number of Topliss-reactive ketones (excluding diaryl/α,β-unsaturated/α-hetero) is 2.